The lowest BCUT2D eigenvalue weighted by atomic mass is 9.91. The largest absolute Gasteiger partial charge is 0.494 e. The third-order valence-corrected chi connectivity index (χ3v) is 4.17. The highest BCUT2D eigenvalue weighted by Gasteiger charge is 2.13. The van der Waals surface area contributed by atoms with Crippen molar-refractivity contribution in [2.45, 2.75) is 51.9 Å². The summed E-state index contributed by atoms with van der Waals surface area (Å²) in [6, 6.07) is 8.75. The molecule has 1 aliphatic rings. The number of nitrogens with one attached hydrogen (secondary N) is 1. The van der Waals surface area contributed by atoms with Gasteiger partial charge in [0.25, 0.3) is 0 Å². The summed E-state index contributed by atoms with van der Waals surface area (Å²) in [7, 11) is 0. The van der Waals surface area contributed by atoms with Crippen LogP contribution in [0.5, 0.6) is 5.75 Å². The molecule has 2 nitrogen and oxygen atoms in total. The monoisotopic (exact) mass is 275 g/mol. The maximum atomic E-state index is 5.79. The molecule has 0 amide bonds. The lowest BCUT2D eigenvalue weighted by Crippen LogP contribution is -2.28. The minimum absolute atomic E-state index is 0.855. The standard InChI is InChI=1S/C18H29NO/c1-2-3-4-5-14-20-18-8-6-16(7-9-18)15-17-10-12-19-13-11-17/h6-9,17,19H,2-5,10-15H2,1H3. The topological polar surface area (TPSA) is 21.3 Å². The van der Waals surface area contributed by atoms with Crippen LogP contribution in [-0.2, 0) is 6.42 Å². The van der Waals surface area contributed by atoms with E-state index < -0.39 is 0 Å². The fraction of sp³-hybridized carbons (Fsp3) is 0.667. The summed E-state index contributed by atoms with van der Waals surface area (Å²) in [6.45, 7) is 5.46. The molecule has 1 aliphatic heterocycles. The third kappa shape index (κ3) is 5.54. The van der Waals surface area contributed by atoms with Crippen molar-refractivity contribution in [1.29, 1.82) is 0 Å². The van der Waals surface area contributed by atoms with Crippen LogP contribution >= 0.6 is 0 Å². The van der Waals surface area contributed by atoms with Crippen molar-refractivity contribution in [3.05, 3.63) is 29.8 Å². The van der Waals surface area contributed by atoms with Crippen LogP contribution in [0, 0.1) is 5.92 Å². The van der Waals surface area contributed by atoms with Crippen molar-refractivity contribution in [3.63, 3.8) is 0 Å². The first-order valence-corrected chi connectivity index (χ1v) is 8.31. The van der Waals surface area contributed by atoms with E-state index in [-0.39, 0.29) is 0 Å². The molecule has 0 aliphatic carbocycles. The second-order valence-corrected chi connectivity index (χ2v) is 5.95. The molecule has 0 unspecified atom stereocenters. The van der Waals surface area contributed by atoms with Gasteiger partial charge in [0, 0.05) is 0 Å². The summed E-state index contributed by atoms with van der Waals surface area (Å²) in [5.41, 5.74) is 1.45. The maximum absolute atomic E-state index is 5.79. The molecule has 0 radical (unpaired) electrons. The van der Waals surface area contributed by atoms with E-state index in [4.69, 9.17) is 4.74 Å². The van der Waals surface area contributed by atoms with Crippen molar-refractivity contribution < 1.29 is 4.74 Å². The number of rotatable bonds is 8. The molecule has 0 aromatic heterocycles. The van der Waals surface area contributed by atoms with Crippen LogP contribution in [0.15, 0.2) is 24.3 Å². The lowest BCUT2D eigenvalue weighted by molar-refractivity contribution is 0.305. The van der Waals surface area contributed by atoms with Gasteiger partial charge in [-0.3, -0.25) is 0 Å². The molecule has 1 aromatic rings. The highest BCUT2D eigenvalue weighted by atomic mass is 16.5. The fourth-order valence-corrected chi connectivity index (χ4v) is 2.86. The van der Waals surface area contributed by atoms with E-state index in [9.17, 15) is 0 Å². The number of ether oxygens (including phenoxy) is 1. The predicted octanol–water partition coefficient (Wildman–Crippen LogP) is 4.19. The molecule has 1 saturated heterocycles. The summed E-state index contributed by atoms with van der Waals surface area (Å²) >= 11 is 0. The Balaban J connectivity index is 1.69. The Hall–Kier alpha value is -1.02. The van der Waals surface area contributed by atoms with Crippen molar-refractivity contribution >= 4 is 0 Å². The van der Waals surface area contributed by atoms with E-state index >= 15 is 0 Å². The van der Waals surface area contributed by atoms with Gasteiger partial charge in [0.15, 0.2) is 0 Å². The van der Waals surface area contributed by atoms with Gasteiger partial charge in [-0.1, -0.05) is 38.3 Å². The number of benzene rings is 1. The van der Waals surface area contributed by atoms with Crippen LogP contribution < -0.4 is 10.1 Å². The average molecular weight is 275 g/mol. The Morgan fingerprint density at radius 2 is 1.80 bits per heavy atom. The van der Waals surface area contributed by atoms with Crippen molar-refractivity contribution in [2.75, 3.05) is 19.7 Å². The van der Waals surface area contributed by atoms with Crippen LogP contribution in [0.2, 0.25) is 0 Å². The van der Waals surface area contributed by atoms with Crippen LogP contribution in [-0.4, -0.2) is 19.7 Å². The molecule has 1 aromatic carbocycles. The zero-order valence-electron chi connectivity index (χ0n) is 12.9. The molecule has 112 valence electrons. The molecule has 1 N–H and O–H groups in total. The lowest BCUT2D eigenvalue weighted by Gasteiger charge is -2.22. The van der Waals surface area contributed by atoms with Gasteiger partial charge in [0.1, 0.15) is 5.75 Å². The first-order valence-electron chi connectivity index (χ1n) is 8.31. The van der Waals surface area contributed by atoms with Crippen molar-refractivity contribution in [2.24, 2.45) is 5.92 Å². The molecule has 20 heavy (non-hydrogen) atoms. The Morgan fingerprint density at radius 1 is 1.05 bits per heavy atom. The van der Waals surface area contributed by atoms with Gasteiger partial charge < -0.3 is 10.1 Å². The molecular weight excluding hydrogens is 246 g/mol. The molecule has 0 saturated carbocycles. The molecule has 0 bridgehead atoms. The van der Waals surface area contributed by atoms with Gasteiger partial charge in [-0.15, -0.1) is 0 Å². The SMILES string of the molecule is CCCCCCOc1ccc(CC2CCNCC2)cc1. The van der Waals surface area contributed by atoms with Gasteiger partial charge in [-0.05, 0) is 62.4 Å². The van der Waals surface area contributed by atoms with E-state index in [0.717, 1.165) is 18.3 Å². The second-order valence-electron chi connectivity index (χ2n) is 5.95. The van der Waals surface area contributed by atoms with E-state index in [0.29, 0.717) is 0 Å². The van der Waals surface area contributed by atoms with Gasteiger partial charge in [0.2, 0.25) is 0 Å². The average Bonchev–Trinajstić information content (AvgIpc) is 2.50. The second kappa shape index (κ2) is 9.02. The summed E-state index contributed by atoms with van der Waals surface area (Å²) in [5.74, 6) is 1.88. The Labute approximate surface area is 123 Å². The number of piperidine rings is 1. The maximum Gasteiger partial charge on any atom is 0.119 e. The van der Waals surface area contributed by atoms with Gasteiger partial charge in [-0.2, -0.15) is 0 Å². The van der Waals surface area contributed by atoms with Gasteiger partial charge in [-0.25, -0.2) is 0 Å². The minimum atomic E-state index is 0.855. The quantitative estimate of drug-likeness (QED) is 0.718. The molecule has 1 heterocycles. The number of hydrogen-bond donors (Lipinski definition) is 1. The molecular formula is C18H29NO. The van der Waals surface area contributed by atoms with E-state index in [2.05, 4.69) is 36.5 Å². The summed E-state index contributed by atoms with van der Waals surface area (Å²) in [4.78, 5) is 0. The Kier molecular flexibility index (Phi) is 6.93. The van der Waals surface area contributed by atoms with E-state index in [1.54, 1.807) is 0 Å². The first kappa shape index (κ1) is 15.4. The molecule has 0 atom stereocenters. The highest BCUT2D eigenvalue weighted by Crippen LogP contribution is 2.20. The normalized spacial score (nSPS) is 16.2. The summed E-state index contributed by atoms with van der Waals surface area (Å²) in [5, 5.41) is 3.43. The summed E-state index contributed by atoms with van der Waals surface area (Å²) in [6.07, 6.45) is 8.91. The van der Waals surface area contributed by atoms with Crippen molar-refractivity contribution in [3.8, 4) is 5.75 Å². The Bertz CT molecular complexity index is 354. The molecule has 2 heteroatoms. The van der Waals surface area contributed by atoms with Gasteiger partial charge in [0.05, 0.1) is 6.61 Å². The zero-order valence-corrected chi connectivity index (χ0v) is 12.9. The molecule has 2 rings (SSSR count). The fourth-order valence-electron chi connectivity index (χ4n) is 2.86. The van der Waals surface area contributed by atoms with E-state index in [1.165, 1.54) is 63.6 Å². The predicted molar refractivity (Wildman–Crippen MR) is 85.4 cm³/mol. The molecule has 0 spiro atoms. The smallest absolute Gasteiger partial charge is 0.119 e. The zero-order chi connectivity index (χ0) is 14.0. The van der Waals surface area contributed by atoms with E-state index in [1.807, 2.05) is 0 Å². The first-order chi connectivity index (χ1) is 9.88. The van der Waals surface area contributed by atoms with Crippen LogP contribution in [0.4, 0.5) is 0 Å². The molecule has 1 fully saturated rings. The van der Waals surface area contributed by atoms with Crippen LogP contribution in [0.3, 0.4) is 0 Å². The third-order valence-electron chi connectivity index (χ3n) is 4.17. The van der Waals surface area contributed by atoms with Crippen LogP contribution in [0.25, 0.3) is 0 Å². The minimum Gasteiger partial charge on any atom is -0.494 e. The summed E-state index contributed by atoms with van der Waals surface area (Å²) < 4.78 is 5.79. The van der Waals surface area contributed by atoms with Crippen molar-refractivity contribution in [1.82, 2.24) is 5.32 Å². The van der Waals surface area contributed by atoms with Crippen LogP contribution in [0.1, 0.15) is 51.0 Å². The Morgan fingerprint density at radius 3 is 2.50 bits per heavy atom. The highest BCUT2D eigenvalue weighted by molar-refractivity contribution is 5.27. The van der Waals surface area contributed by atoms with Gasteiger partial charge >= 0.3 is 0 Å². The number of hydrogen-bond acceptors (Lipinski definition) is 2. The number of unbranched alkanes of at least 4 members (excludes halogenated alkanes) is 3.